The molecule has 1 fully saturated rings. The van der Waals surface area contributed by atoms with Crippen molar-refractivity contribution >= 4 is 25.9 Å². The van der Waals surface area contributed by atoms with Crippen LogP contribution in [0.4, 0.5) is 0 Å². The second kappa shape index (κ2) is 9.21. The quantitative estimate of drug-likeness (QED) is 0.371. The Bertz CT molecular complexity index is 1120. The molecule has 180 valence electrons. The molecular formula is C23H31ClN2O6Si. The molecule has 8 nitrogen and oxygen atoms in total. The molecule has 10 heteroatoms. The van der Waals surface area contributed by atoms with Crippen molar-refractivity contribution < 1.29 is 18.7 Å². The lowest BCUT2D eigenvalue weighted by molar-refractivity contribution is -0.0776. The van der Waals surface area contributed by atoms with Crippen molar-refractivity contribution in [3.8, 4) is 0 Å². The fourth-order valence-electron chi connectivity index (χ4n) is 3.30. The van der Waals surface area contributed by atoms with E-state index in [1.54, 1.807) is 37.3 Å². The van der Waals surface area contributed by atoms with Crippen LogP contribution in [0.3, 0.4) is 0 Å². The summed E-state index contributed by atoms with van der Waals surface area (Å²) in [6, 6.07) is 8.58. The number of esters is 1. The molecule has 0 bridgehead atoms. The summed E-state index contributed by atoms with van der Waals surface area (Å²) in [5.74, 6) is -0.536. The molecule has 0 spiro atoms. The number of nitrogens with one attached hydrogen (secondary N) is 1. The predicted octanol–water partition coefficient (Wildman–Crippen LogP) is 3.95. The van der Waals surface area contributed by atoms with Crippen molar-refractivity contribution in [2.75, 3.05) is 6.61 Å². The molecule has 3 rings (SSSR count). The fraction of sp³-hybridized carbons (Fsp3) is 0.522. The number of halogens is 1. The summed E-state index contributed by atoms with van der Waals surface area (Å²) in [5.41, 5.74) is -0.314. The number of carbonyl (C=O) groups excluding carboxylic acids is 1. The Labute approximate surface area is 199 Å². The van der Waals surface area contributed by atoms with E-state index >= 15 is 0 Å². The van der Waals surface area contributed by atoms with Crippen LogP contribution in [0.1, 0.15) is 49.3 Å². The van der Waals surface area contributed by atoms with E-state index in [2.05, 4.69) is 38.8 Å². The highest BCUT2D eigenvalue weighted by atomic mass is 35.5. The van der Waals surface area contributed by atoms with Crippen molar-refractivity contribution in [2.24, 2.45) is 0 Å². The van der Waals surface area contributed by atoms with Gasteiger partial charge < -0.3 is 13.9 Å². The van der Waals surface area contributed by atoms with Crippen LogP contribution < -0.4 is 11.2 Å². The second-order valence-electron chi connectivity index (χ2n) is 9.88. The van der Waals surface area contributed by atoms with E-state index in [-0.39, 0.29) is 18.1 Å². The molecular weight excluding hydrogens is 464 g/mol. The standard InChI is InChI=1S/C23H31ClN2O6Si/c1-15-13-26(21(29)25-19(15)27)18-12-17(32-33(5,6)22(2,3)4)23(24,31-18)14-30-20(28)16-10-8-7-9-11-16/h7-11,13,17-18H,12,14H2,1-6H3,(H,25,27,29)/t17-,18-,23-/m1/s1. The van der Waals surface area contributed by atoms with Crippen molar-refractivity contribution in [3.05, 3.63) is 68.5 Å². The van der Waals surface area contributed by atoms with E-state index in [9.17, 15) is 14.4 Å². The third-order valence-corrected chi connectivity index (χ3v) is 11.3. The Morgan fingerprint density at radius 2 is 1.91 bits per heavy atom. The first kappa shape index (κ1) is 25.4. The molecule has 1 aromatic heterocycles. The lowest BCUT2D eigenvalue weighted by Crippen LogP contribution is -2.50. The lowest BCUT2D eigenvalue weighted by Gasteiger charge is -2.40. The van der Waals surface area contributed by atoms with Gasteiger partial charge in [0.15, 0.2) is 8.32 Å². The van der Waals surface area contributed by atoms with Crippen molar-refractivity contribution in [1.29, 1.82) is 0 Å². The van der Waals surface area contributed by atoms with Crippen LogP contribution in [0.25, 0.3) is 0 Å². The van der Waals surface area contributed by atoms with Crippen LogP contribution in [0, 0.1) is 6.92 Å². The average Bonchev–Trinajstić information content (AvgIpc) is 3.04. The minimum absolute atomic E-state index is 0.102. The molecule has 0 saturated carbocycles. The van der Waals surface area contributed by atoms with E-state index in [0.717, 1.165) is 0 Å². The summed E-state index contributed by atoms with van der Waals surface area (Å²) in [5, 5.41) is -1.61. The highest BCUT2D eigenvalue weighted by Gasteiger charge is 2.53. The molecule has 1 aliphatic heterocycles. The highest BCUT2D eigenvalue weighted by molar-refractivity contribution is 6.74. The maximum Gasteiger partial charge on any atom is 0.338 e. The summed E-state index contributed by atoms with van der Waals surface area (Å²) in [4.78, 5) is 39.1. The first-order valence-electron chi connectivity index (χ1n) is 10.8. The predicted molar refractivity (Wildman–Crippen MR) is 128 cm³/mol. The van der Waals surface area contributed by atoms with Gasteiger partial charge in [-0.05, 0) is 37.2 Å². The summed E-state index contributed by atoms with van der Waals surface area (Å²) >= 11 is 6.90. The van der Waals surface area contributed by atoms with Crippen LogP contribution >= 0.6 is 11.6 Å². The molecule has 0 radical (unpaired) electrons. The van der Waals surface area contributed by atoms with Gasteiger partial charge in [-0.2, -0.15) is 0 Å². The minimum Gasteiger partial charge on any atom is -0.458 e. The second-order valence-corrected chi connectivity index (χ2v) is 15.3. The Kier molecular flexibility index (Phi) is 7.09. The largest absolute Gasteiger partial charge is 0.458 e. The van der Waals surface area contributed by atoms with Gasteiger partial charge in [-0.1, -0.05) is 50.6 Å². The van der Waals surface area contributed by atoms with E-state index in [1.165, 1.54) is 10.8 Å². The third-order valence-electron chi connectivity index (χ3n) is 6.34. The van der Waals surface area contributed by atoms with E-state index < -0.39 is 42.9 Å². The van der Waals surface area contributed by atoms with E-state index in [4.69, 9.17) is 25.5 Å². The van der Waals surface area contributed by atoms with Gasteiger partial charge in [-0.25, -0.2) is 9.59 Å². The number of aryl methyl sites for hydroxylation is 1. The van der Waals surface area contributed by atoms with Crippen LogP contribution in [-0.2, 0) is 13.9 Å². The molecule has 2 heterocycles. The van der Waals surface area contributed by atoms with Gasteiger partial charge >= 0.3 is 11.7 Å². The first-order valence-corrected chi connectivity index (χ1v) is 14.1. The normalized spacial score (nSPS) is 23.5. The molecule has 3 atom stereocenters. The molecule has 0 unspecified atom stereocenters. The summed E-state index contributed by atoms with van der Waals surface area (Å²) < 4.78 is 19.5. The van der Waals surface area contributed by atoms with Crippen LogP contribution in [0.5, 0.6) is 0 Å². The van der Waals surface area contributed by atoms with E-state index in [0.29, 0.717) is 11.1 Å². The molecule has 0 amide bonds. The van der Waals surface area contributed by atoms with Gasteiger partial charge in [0, 0.05) is 18.2 Å². The van der Waals surface area contributed by atoms with Crippen molar-refractivity contribution in [1.82, 2.24) is 9.55 Å². The maximum absolute atomic E-state index is 12.5. The number of H-pyrrole nitrogens is 1. The number of benzene rings is 1. The molecule has 2 aromatic rings. The SMILES string of the molecule is Cc1cn([C@H]2C[C@@H](O[Si](C)(C)C(C)(C)C)[C@@](Cl)(COC(=O)c3ccccc3)O2)c(=O)[nH]c1=O. The zero-order chi connectivity index (χ0) is 24.6. The van der Waals surface area contributed by atoms with Crippen molar-refractivity contribution in [2.45, 2.75) is 69.6 Å². The number of aromatic amines is 1. The number of carbonyl (C=O) groups is 1. The maximum atomic E-state index is 12.5. The molecule has 1 saturated heterocycles. The topological polar surface area (TPSA) is 99.6 Å². The molecule has 1 aliphatic rings. The molecule has 0 aliphatic carbocycles. The zero-order valence-electron chi connectivity index (χ0n) is 19.8. The van der Waals surface area contributed by atoms with Gasteiger partial charge in [0.25, 0.3) is 5.56 Å². The Morgan fingerprint density at radius 3 is 2.52 bits per heavy atom. The van der Waals surface area contributed by atoms with Gasteiger partial charge in [-0.3, -0.25) is 14.3 Å². The van der Waals surface area contributed by atoms with Crippen LogP contribution in [0.15, 0.2) is 46.1 Å². The number of rotatable bonds is 6. The van der Waals surface area contributed by atoms with E-state index in [1.807, 2.05) is 0 Å². The summed E-state index contributed by atoms with van der Waals surface area (Å²) in [6.45, 7) is 11.8. The van der Waals surface area contributed by atoms with Gasteiger partial charge in [0.05, 0.1) is 11.7 Å². The average molecular weight is 495 g/mol. The monoisotopic (exact) mass is 494 g/mol. The molecule has 33 heavy (non-hydrogen) atoms. The summed E-state index contributed by atoms with van der Waals surface area (Å²) in [6.07, 6.45) is 0.251. The van der Waals surface area contributed by atoms with Crippen molar-refractivity contribution in [3.63, 3.8) is 0 Å². The van der Waals surface area contributed by atoms with Crippen LogP contribution in [-0.4, -0.2) is 41.6 Å². The smallest absolute Gasteiger partial charge is 0.338 e. The van der Waals surface area contributed by atoms with Gasteiger partial charge in [-0.15, -0.1) is 0 Å². The van der Waals surface area contributed by atoms with Gasteiger partial charge in [0.2, 0.25) is 5.06 Å². The number of alkyl halides is 1. The fourth-order valence-corrected chi connectivity index (χ4v) is 5.01. The molecule has 1 aromatic carbocycles. The third kappa shape index (κ3) is 5.48. The van der Waals surface area contributed by atoms with Gasteiger partial charge in [0.1, 0.15) is 12.8 Å². The number of ether oxygens (including phenoxy) is 2. The Morgan fingerprint density at radius 1 is 1.27 bits per heavy atom. The number of aromatic nitrogens is 2. The summed E-state index contributed by atoms with van der Waals surface area (Å²) in [7, 11) is -2.29. The Hall–Kier alpha value is -2.20. The van der Waals surface area contributed by atoms with Crippen LogP contribution in [0.2, 0.25) is 18.1 Å². The minimum atomic E-state index is -2.29. The number of hydrogen-bond donors (Lipinski definition) is 1. The number of nitrogens with zero attached hydrogens (tertiary/aromatic N) is 1. The zero-order valence-corrected chi connectivity index (χ0v) is 21.6. The Balaban J connectivity index is 1.90. The first-order chi connectivity index (χ1) is 15.2. The lowest BCUT2D eigenvalue weighted by atomic mass is 10.2. The highest BCUT2D eigenvalue weighted by Crippen LogP contribution is 2.46. The molecule has 1 N–H and O–H groups in total. The number of hydrogen-bond acceptors (Lipinski definition) is 6.